The van der Waals surface area contributed by atoms with Crippen molar-refractivity contribution in [2.24, 2.45) is 11.8 Å². The van der Waals surface area contributed by atoms with E-state index in [1.165, 1.54) is 0 Å². The Morgan fingerprint density at radius 2 is 1.86 bits per heavy atom. The molecule has 2 aromatic rings. The predicted molar refractivity (Wildman–Crippen MR) is 83.5 cm³/mol. The molecule has 0 saturated heterocycles. The second-order valence-electron chi connectivity index (χ2n) is 5.74. The van der Waals surface area contributed by atoms with Crippen LogP contribution in [0.1, 0.15) is 25.7 Å². The summed E-state index contributed by atoms with van der Waals surface area (Å²) >= 11 is 0. The molecule has 5 heteroatoms. The number of amides is 1. The molecule has 2 atom stereocenters. The van der Waals surface area contributed by atoms with Crippen LogP contribution in [0.4, 0.5) is 5.69 Å². The van der Waals surface area contributed by atoms with E-state index in [9.17, 15) is 14.7 Å². The van der Waals surface area contributed by atoms with Crippen molar-refractivity contribution in [1.82, 2.24) is 4.98 Å². The molecule has 2 unspecified atom stereocenters. The van der Waals surface area contributed by atoms with Crippen molar-refractivity contribution in [2.75, 3.05) is 5.32 Å². The van der Waals surface area contributed by atoms with E-state index in [4.69, 9.17) is 0 Å². The second kappa shape index (κ2) is 6.13. The number of rotatable bonds is 3. The van der Waals surface area contributed by atoms with Gasteiger partial charge in [-0.05, 0) is 25.0 Å². The third kappa shape index (κ3) is 2.93. The van der Waals surface area contributed by atoms with Crippen LogP contribution in [-0.4, -0.2) is 22.0 Å². The molecular formula is C17H18N2O3. The SMILES string of the molecule is O=C(O)C1CCCCC1C(=O)Nc1cnc2ccccc2c1. The Morgan fingerprint density at radius 3 is 2.64 bits per heavy atom. The third-order valence-electron chi connectivity index (χ3n) is 4.28. The zero-order chi connectivity index (χ0) is 15.5. The highest BCUT2D eigenvalue weighted by atomic mass is 16.4. The minimum Gasteiger partial charge on any atom is -0.481 e. The van der Waals surface area contributed by atoms with Gasteiger partial charge in [-0.25, -0.2) is 0 Å². The molecule has 1 aromatic carbocycles. The number of fused-ring (bicyclic) bond motifs is 1. The van der Waals surface area contributed by atoms with Gasteiger partial charge in [-0.15, -0.1) is 0 Å². The van der Waals surface area contributed by atoms with Crippen LogP contribution >= 0.6 is 0 Å². The number of hydrogen-bond acceptors (Lipinski definition) is 3. The van der Waals surface area contributed by atoms with Gasteiger partial charge in [0.2, 0.25) is 5.91 Å². The van der Waals surface area contributed by atoms with Crippen LogP contribution in [0.3, 0.4) is 0 Å². The molecule has 5 nitrogen and oxygen atoms in total. The van der Waals surface area contributed by atoms with Crippen molar-refractivity contribution in [2.45, 2.75) is 25.7 Å². The first-order valence-corrected chi connectivity index (χ1v) is 7.53. The van der Waals surface area contributed by atoms with E-state index >= 15 is 0 Å². The molecule has 1 aliphatic rings. The number of aromatic nitrogens is 1. The van der Waals surface area contributed by atoms with Crippen LogP contribution in [0.15, 0.2) is 36.5 Å². The van der Waals surface area contributed by atoms with Gasteiger partial charge >= 0.3 is 5.97 Å². The van der Waals surface area contributed by atoms with Gasteiger partial charge in [0.1, 0.15) is 0 Å². The number of carbonyl (C=O) groups is 2. The fraction of sp³-hybridized carbons (Fsp3) is 0.353. The molecule has 1 fully saturated rings. The van der Waals surface area contributed by atoms with E-state index < -0.39 is 17.8 Å². The summed E-state index contributed by atoms with van der Waals surface area (Å²) < 4.78 is 0. The Labute approximate surface area is 128 Å². The molecule has 0 radical (unpaired) electrons. The lowest BCUT2D eigenvalue weighted by Crippen LogP contribution is -2.36. The number of nitrogens with zero attached hydrogens (tertiary/aromatic N) is 1. The van der Waals surface area contributed by atoms with Crippen molar-refractivity contribution in [1.29, 1.82) is 0 Å². The highest BCUT2D eigenvalue weighted by molar-refractivity contribution is 5.96. The average molecular weight is 298 g/mol. The third-order valence-corrected chi connectivity index (χ3v) is 4.28. The summed E-state index contributed by atoms with van der Waals surface area (Å²) in [4.78, 5) is 28.0. The van der Waals surface area contributed by atoms with E-state index in [2.05, 4.69) is 10.3 Å². The summed E-state index contributed by atoms with van der Waals surface area (Å²) in [5, 5.41) is 13.0. The summed E-state index contributed by atoms with van der Waals surface area (Å²) in [5.74, 6) is -2.14. The smallest absolute Gasteiger partial charge is 0.307 e. The fourth-order valence-corrected chi connectivity index (χ4v) is 3.11. The maximum Gasteiger partial charge on any atom is 0.307 e. The number of pyridine rings is 1. The Balaban J connectivity index is 1.78. The average Bonchev–Trinajstić information content (AvgIpc) is 2.54. The highest BCUT2D eigenvalue weighted by Gasteiger charge is 2.35. The first kappa shape index (κ1) is 14.5. The molecule has 3 rings (SSSR count). The first-order valence-electron chi connectivity index (χ1n) is 7.53. The van der Waals surface area contributed by atoms with Gasteiger partial charge in [0.05, 0.1) is 29.2 Å². The lowest BCUT2D eigenvalue weighted by Gasteiger charge is -2.27. The summed E-state index contributed by atoms with van der Waals surface area (Å²) in [6.07, 6.45) is 4.59. The summed E-state index contributed by atoms with van der Waals surface area (Å²) in [6.45, 7) is 0. The Morgan fingerprint density at radius 1 is 1.14 bits per heavy atom. The molecule has 0 bridgehead atoms. The molecule has 1 heterocycles. The van der Waals surface area contributed by atoms with E-state index in [-0.39, 0.29) is 5.91 Å². The van der Waals surface area contributed by atoms with Crippen LogP contribution in [0, 0.1) is 11.8 Å². The van der Waals surface area contributed by atoms with Crippen LogP contribution in [-0.2, 0) is 9.59 Å². The second-order valence-corrected chi connectivity index (χ2v) is 5.74. The number of nitrogens with one attached hydrogen (secondary N) is 1. The van der Waals surface area contributed by atoms with Crippen LogP contribution in [0.25, 0.3) is 10.9 Å². The van der Waals surface area contributed by atoms with Gasteiger partial charge in [-0.3, -0.25) is 14.6 Å². The van der Waals surface area contributed by atoms with Gasteiger partial charge in [0.25, 0.3) is 0 Å². The van der Waals surface area contributed by atoms with Gasteiger partial charge in [-0.1, -0.05) is 31.0 Å². The van der Waals surface area contributed by atoms with Crippen molar-refractivity contribution < 1.29 is 14.7 Å². The van der Waals surface area contributed by atoms with Crippen LogP contribution in [0.5, 0.6) is 0 Å². The van der Waals surface area contributed by atoms with Crippen molar-refractivity contribution in [3.05, 3.63) is 36.5 Å². The van der Waals surface area contributed by atoms with Crippen LogP contribution in [0.2, 0.25) is 0 Å². The van der Waals surface area contributed by atoms with Crippen molar-refractivity contribution in [3.63, 3.8) is 0 Å². The zero-order valence-corrected chi connectivity index (χ0v) is 12.2. The molecule has 22 heavy (non-hydrogen) atoms. The molecule has 1 saturated carbocycles. The number of carbonyl (C=O) groups excluding carboxylic acids is 1. The largest absolute Gasteiger partial charge is 0.481 e. The minimum absolute atomic E-state index is 0.218. The zero-order valence-electron chi connectivity index (χ0n) is 12.2. The molecule has 1 amide bonds. The van der Waals surface area contributed by atoms with Gasteiger partial charge in [0.15, 0.2) is 0 Å². The molecule has 0 aliphatic heterocycles. The maximum atomic E-state index is 12.4. The van der Waals surface area contributed by atoms with Gasteiger partial charge < -0.3 is 10.4 Å². The van der Waals surface area contributed by atoms with Crippen molar-refractivity contribution >= 4 is 28.5 Å². The molecule has 2 N–H and O–H groups in total. The number of hydrogen-bond donors (Lipinski definition) is 2. The van der Waals surface area contributed by atoms with E-state index in [1.807, 2.05) is 30.3 Å². The normalized spacial score (nSPS) is 21.5. The predicted octanol–water partition coefficient (Wildman–Crippen LogP) is 3.06. The number of carboxylic acid groups (broad SMARTS) is 1. The monoisotopic (exact) mass is 298 g/mol. The molecule has 0 spiro atoms. The van der Waals surface area contributed by atoms with E-state index in [0.717, 1.165) is 23.7 Å². The molecular weight excluding hydrogens is 280 g/mol. The summed E-state index contributed by atoms with van der Waals surface area (Å²) in [7, 11) is 0. The number of carboxylic acids is 1. The number of anilines is 1. The van der Waals surface area contributed by atoms with Crippen molar-refractivity contribution in [3.8, 4) is 0 Å². The summed E-state index contributed by atoms with van der Waals surface area (Å²) in [5.41, 5.74) is 1.47. The molecule has 1 aliphatic carbocycles. The Hall–Kier alpha value is -2.43. The first-order chi connectivity index (χ1) is 10.6. The number of aliphatic carboxylic acids is 1. The lowest BCUT2D eigenvalue weighted by atomic mass is 9.78. The lowest BCUT2D eigenvalue weighted by molar-refractivity contribution is -0.147. The standard InChI is InChI=1S/C17H18N2O3/c20-16(13-6-2-3-7-14(13)17(21)22)19-12-9-11-5-1-4-8-15(11)18-10-12/h1,4-5,8-10,13-14H,2-3,6-7H2,(H,19,20)(H,21,22). The Bertz CT molecular complexity index is 714. The topological polar surface area (TPSA) is 79.3 Å². The van der Waals surface area contributed by atoms with E-state index in [0.29, 0.717) is 18.5 Å². The highest BCUT2D eigenvalue weighted by Crippen LogP contribution is 2.31. The Kier molecular flexibility index (Phi) is 4.04. The molecule has 114 valence electrons. The number of benzene rings is 1. The van der Waals surface area contributed by atoms with Gasteiger partial charge in [-0.2, -0.15) is 0 Å². The maximum absolute atomic E-state index is 12.4. The van der Waals surface area contributed by atoms with Crippen LogP contribution < -0.4 is 5.32 Å². The number of para-hydroxylation sites is 1. The quantitative estimate of drug-likeness (QED) is 0.912. The fourth-order valence-electron chi connectivity index (χ4n) is 3.11. The molecule has 1 aromatic heterocycles. The van der Waals surface area contributed by atoms with E-state index in [1.54, 1.807) is 6.20 Å². The summed E-state index contributed by atoms with van der Waals surface area (Å²) in [6, 6.07) is 9.52. The minimum atomic E-state index is -0.878. The van der Waals surface area contributed by atoms with Gasteiger partial charge in [0, 0.05) is 5.39 Å².